The molecule has 2 heterocycles. The van der Waals surface area contributed by atoms with Gasteiger partial charge >= 0.3 is 23.9 Å². The predicted molar refractivity (Wildman–Crippen MR) is 170 cm³/mol. The second-order valence-corrected chi connectivity index (χ2v) is 11.6. The summed E-state index contributed by atoms with van der Waals surface area (Å²) in [6.45, 7) is 6.26. The smallest absolute Gasteiger partial charge is 0.303 e. The first-order valence-electron chi connectivity index (χ1n) is 15.2. The minimum Gasteiger partial charge on any atom is -0.463 e. The number of rotatable bonds is 11. The highest BCUT2D eigenvalue weighted by Crippen LogP contribution is 2.36. The first kappa shape index (κ1) is 34.8. The van der Waals surface area contributed by atoms with Crippen LogP contribution in [0.15, 0.2) is 60.7 Å². The van der Waals surface area contributed by atoms with Crippen LogP contribution in [0.4, 0.5) is 0 Å². The summed E-state index contributed by atoms with van der Waals surface area (Å²) in [6, 6.07) is 19.7. The van der Waals surface area contributed by atoms with Crippen molar-refractivity contribution in [3.63, 3.8) is 0 Å². The second-order valence-electron chi connectivity index (χ2n) is 11.2. The van der Waals surface area contributed by atoms with Gasteiger partial charge in [-0.2, -0.15) is 0 Å². The van der Waals surface area contributed by atoms with Crippen LogP contribution in [-0.4, -0.2) is 84.2 Å². The summed E-state index contributed by atoms with van der Waals surface area (Å²) < 4.78 is 28.0. The Bertz CT molecular complexity index is 1360. The van der Waals surface area contributed by atoms with Crippen LogP contribution in [0.3, 0.4) is 0 Å². The normalized spacial score (nSPS) is 24.1. The van der Waals surface area contributed by atoms with Gasteiger partial charge in [-0.1, -0.05) is 60.7 Å². The molecule has 2 fully saturated rings. The van der Waals surface area contributed by atoms with Crippen LogP contribution in [0.5, 0.6) is 0 Å². The number of carbonyl (C=O) groups is 4. The van der Waals surface area contributed by atoms with E-state index in [1.165, 1.54) is 27.7 Å². The average molecular weight is 656 g/mol. The molecule has 0 saturated carbocycles. The first-order chi connectivity index (χ1) is 22.0. The Labute approximate surface area is 274 Å². The van der Waals surface area contributed by atoms with Gasteiger partial charge in [-0.05, 0) is 49.3 Å². The monoisotopic (exact) mass is 655 g/mol. The SMILES string of the molecule is CC(=O)OC[C@H]1O[C@@H](NC(=S)N[C@@H](c2ccccc2)[C@H](c2ccccc2)N2CCCC2)[C@H](OC(C)=O)[C@@H](OC(C)=O)[C@@H]1OC(C)=O. The second kappa shape index (κ2) is 16.5. The van der Waals surface area contributed by atoms with Crippen LogP contribution in [0.2, 0.25) is 0 Å². The van der Waals surface area contributed by atoms with E-state index in [2.05, 4.69) is 27.7 Å². The number of hydrogen-bond acceptors (Lipinski definition) is 11. The molecule has 0 bridgehead atoms. The number of thiocarbonyl (C=S) groups is 1. The Morgan fingerprint density at radius 1 is 0.783 bits per heavy atom. The van der Waals surface area contributed by atoms with E-state index in [1.807, 2.05) is 48.5 Å². The highest BCUT2D eigenvalue weighted by Gasteiger charge is 2.52. The van der Waals surface area contributed by atoms with Crippen LogP contribution < -0.4 is 10.6 Å². The third-order valence-corrected chi connectivity index (χ3v) is 7.94. The number of nitrogens with one attached hydrogen (secondary N) is 2. The number of hydrogen-bond donors (Lipinski definition) is 2. The topological polar surface area (TPSA) is 142 Å². The number of carbonyl (C=O) groups excluding carboxylic acids is 4. The molecule has 13 heteroatoms. The zero-order valence-corrected chi connectivity index (χ0v) is 27.2. The fourth-order valence-corrected chi connectivity index (χ4v) is 6.19. The largest absolute Gasteiger partial charge is 0.463 e. The van der Waals surface area contributed by atoms with E-state index < -0.39 is 54.5 Å². The van der Waals surface area contributed by atoms with Crippen molar-refractivity contribution in [2.45, 2.75) is 83.3 Å². The highest BCUT2D eigenvalue weighted by molar-refractivity contribution is 7.80. The number of nitrogens with zero attached hydrogens (tertiary/aromatic N) is 1. The van der Waals surface area contributed by atoms with E-state index in [-0.39, 0.29) is 23.8 Å². The zero-order chi connectivity index (χ0) is 33.2. The molecule has 12 nitrogen and oxygen atoms in total. The van der Waals surface area contributed by atoms with Crippen LogP contribution in [0, 0.1) is 0 Å². The van der Waals surface area contributed by atoms with Crippen molar-refractivity contribution in [3.8, 4) is 0 Å². The van der Waals surface area contributed by atoms with Crippen molar-refractivity contribution < 1.29 is 42.9 Å². The maximum atomic E-state index is 12.3. The van der Waals surface area contributed by atoms with Crippen molar-refractivity contribution in [1.82, 2.24) is 15.5 Å². The van der Waals surface area contributed by atoms with Gasteiger partial charge in [0.2, 0.25) is 0 Å². The third-order valence-electron chi connectivity index (χ3n) is 7.70. The van der Waals surface area contributed by atoms with Gasteiger partial charge in [0.25, 0.3) is 0 Å². The Balaban J connectivity index is 1.68. The van der Waals surface area contributed by atoms with Crippen molar-refractivity contribution in [2.24, 2.45) is 0 Å². The van der Waals surface area contributed by atoms with Crippen molar-refractivity contribution in [2.75, 3.05) is 19.7 Å². The zero-order valence-electron chi connectivity index (χ0n) is 26.4. The minimum absolute atomic E-state index is 0.0822. The molecule has 2 aromatic carbocycles. The lowest BCUT2D eigenvalue weighted by molar-refractivity contribution is -0.255. The molecule has 7 atom stereocenters. The van der Waals surface area contributed by atoms with Crippen molar-refractivity contribution in [1.29, 1.82) is 0 Å². The molecule has 4 rings (SSSR count). The van der Waals surface area contributed by atoms with E-state index in [9.17, 15) is 19.2 Å². The Hall–Kier alpha value is -4.07. The van der Waals surface area contributed by atoms with Gasteiger partial charge in [0.05, 0.1) is 12.1 Å². The van der Waals surface area contributed by atoms with Gasteiger partial charge in [0, 0.05) is 27.7 Å². The lowest BCUT2D eigenvalue weighted by Crippen LogP contribution is -2.67. The molecule has 2 N–H and O–H groups in total. The Morgan fingerprint density at radius 2 is 1.30 bits per heavy atom. The van der Waals surface area contributed by atoms with Crippen LogP contribution >= 0.6 is 12.2 Å². The molecule has 0 radical (unpaired) electrons. The Kier molecular flexibility index (Phi) is 12.5. The summed E-state index contributed by atoms with van der Waals surface area (Å²) in [5.74, 6) is -2.72. The summed E-state index contributed by atoms with van der Waals surface area (Å²) >= 11 is 5.85. The van der Waals surface area contributed by atoms with E-state index in [4.69, 9.17) is 35.9 Å². The van der Waals surface area contributed by atoms with Crippen molar-refractivity contribution >= 4 is 41.2 Å². The number of benzene rings is 2. The molecular formula is C33H41N3O9S. The maximum Gasteiger partial charge on any atom is 0.303 e. The summed E-state index contributed by atoms with van der Waals surface area (Å²) in [6.07, 6.45) is -4.00. The van der Waals surface area contributed by atoms with E-state index in [0.29, 0.717) is 0 Å². The molecule has 2 saturated heterocycles. The summed E-state index contributed by atoms with van der Waals surface area (Å²) in [5, 5.41) is 6.73. The lowest BCUT2D eigenvalue weighted by atomic mass is 9.92. The third kappa shape index (κ3) is 9.47. The fourth-order valence-electron chi connectivity index (χ4n) is 5.95. The van der Waals surface area contributed by atoms with Crippen LogP contribution in [-0.2, 0) is 42.9 Å². The minimum atomic E-state index is -1.31. The molecule has 0 amide bonds. The molecule has 2 aromatic rings. The molecule has 2 aliphatic heterocycles. The van der Waals surface area contributed by atoms with Gasteiger partial charge < -0.3 is 34.3 Å². The van der Waals surface area contributed by atoms with Gasteiger partial charge in [0.1, 0.15) is 12.7 Å². The highest BCUT2D eigenvalue weighted by atomic mass is 32.1. The molecule has 46 heavy (non-hydrogen) atoms. The lowest BCUT2D eigenvalue weighted by Gasteiger charge is -2.45. The van der Waals surface area contributed by atoms with E-state index >= 15 is 0 Å². The van der Waals surface area contributed by atoms with Gasteiger partial charge in [-0.15, -0.1) is 0 Å². The predicted octanol–water partition coefficient (Wildman–Crippen LogP) is 3.11. The van der Waals surface area contributed by atoms with Gasteiger partial charge in [0.15, 0.2) is 29.7 Å². The molecule has 0 spiro atoms. The first-order valence-corrected chi connectivity index (χ1v) is 15.7. The molecular weight excluding hydrogens is 614 g/mol. The number of esters is 4. The van der Waals surface area contributed by atoms with Crippen LogP contribution in [0.1, 0.15) is 63.7 Å². The molecule has 0 aliphatic carbocycles. The average Bonchev–Trinajstić information content (AvgIpc) is 3.54. The standard InChI is InChI=1S/C33H41N3O9S/c1-20(37)41-19-26-29(42-21(2)38)30(43-22(3)39)31(44-23(4)40)32(45-26)35-33(46)34-27(24-13-7-5-8-14-24)28(36-17-11-12-18-36)25-15-9-6-10-16-25/h5-10,13-16,26-32H,11-12,17-19H2,1-4H3,(H2,34,35,46)/t26-,27+,28+,29-,30+,31-,32-/m1/s1. The molecule has 0 aromatic heterocycles. The number of ether oxygens (including phenoxy) is 5. The Morgan fingerprint density at radius 3 is 1.85 bits per heavy atom. The molecule has 0 unspecified atom stereocenters. The summed E-state index contributed by atoms with van der Waals surface area (Å²) in [4.78, 5) is 50.7. The maximum absolute atomic E-state index is 12.3. The van der Waals surface area contributed by atoms with Gasteiger partial charge in [-0.3, -0.25) is 24.1 Å². The summed E-state index contributed by atoms with van der Waals surface area (Å²) in [7, 11) is 0. The molecule has 2 aliphatic rings. The quantitative estimate of drug-likeness (QED) is 0.208. The molecule has 248 valence electrons. The van der Waals surface area contributed by atoms with Gasteiger partial charge in [-0.25, -0.2) is 0 Å². The van der Waals surface area contributed by atoms with E-state index in [1.54, 1.807) is 0 Å². The van der Waals surface area contributed by atoms with Crippen LogP contribution in [0.25, 0.3) is 0 Å². The van der Waals surface area contributed by atoms with Crippen molar-refractivity contribution in [3.05, 3.63) is 71.8 Å². The fraction of sp³-hybridized carbons (Fsp3) is 0.485. The van der Waals surface area contributed by atoms with E-state index in [0.717, 1.165) is 37.1 Å². The summed E-state index contributed by atoms with van der Waals surface area (Å²) in [5.41, 5.74) is 2.11. The number of likely N-dealkylation sites (tertiary alicyclic amines) is 1.